The largest absolute Gasteiger partial charge is 0.154 e. The van der Waals surface area contributed by atoms with Crippen LogP contribution in [0.1, 0.15) is 19.3 Å². The Morgan fingerprint density at radius 1 is 1.18 bits per heavy atom. The molecule has 5 heteroatoms. The van der Waals surface area contributed by atoms with E-state index in [1.54, 1.807) is 0 Å². The Morgan fingerprint density at radius 2 is 1.73 bits per heavy atom. The van der Waals surface area contributed by atoms with Gasteiger partial charge >= 0.3 is 0 Å². The fourth-order valence-electron chi connectivity index (χ4n) is 0.884. The Morgan fingerprint density at radius 3 is 2.09 bits per heavy atom. The summed E-state index contributed by atoms with van der Waals surface area (Å²) < 4.78 is -0.934. The van der Waals surface area contributed by atoms with Gasteiger partial charge in [0.05, 0.1) is 5.03 Å². The highest BCUT2D eigenvalue weighted by Crippen LogP contribution is 2.45. The van der Waals surface area contributed by atoms with Crippen LogP contribution in [-0.2, 0) is 0 Å². The van der Waals surface area contributed by atoms with Crippen molar-refractivity contribution in [2.45, 2.75) is 23.6 Å². The van der Waals surface area contributed by atoms with Crippen LogP contribution >= 0.6 is 46.4 Å². The molecule has 0 aromatic heterocycles. The monoisotopic (exact) mass is 250 g/mol. The molecule has 0 saturated carbocycles. The van der Waals surface area contributed by atoms with E-state index < -0.39 is 4.33 Å². The van der Waals surface area contributed by atoms with E-state index in [2.05, 4.69) is 0 Å². The lowest BCUT2D eigenvalue weighted by atomic mass is 10.1. The topological polar surface area (TPSA) is 0 Å². The first-order chi connectivity index (χ1) is 4.54. The zero-order chi connectivity index (χ0) is 7.78. The first-order valence-corrected chi connectivity index (χ1v) is 4.47. The van der Waals surface area contributed by atoms with E-state index in [0.717, 1.165) is 12.8 Å². The molecule has 0 amide bonds. The van der Waals surface area contributed by atoms with Crippen LogP contribution in [0, 0.1) is 0 Å². The van der Waals surface area contributed by atoms with E-state index in [-0.39, 0.29) is 11.0 Å². The van der Waals surface area contributed by atoms with Crippen LogP contribution < -0.4 is 0 Å². The minimum atomic E-state index is -0.934. The van der Waals surface area contributed by atoms with E-state index in [1.807, 2.05) is 0 Å². The molecule has 0 aromatic rings. The molecule has 1 aliphatic rings. The lowest BCUT2D eigenvalue weighted by Crippen LogP contribution is -2.17. The van der Waals surface area contributed by atoms with E-state index in [4.69, 9.17) is 46.4 Å². The Labute approximate surface area is 90.9 Å². The summed E-state index contributed by atoms with van der Waals surface area (Å²) in [4.78, 5) is 0. The molecule has 0 aromatic carbocycles. The van der Waals surface area contributed by atoms with Crippen LogP contribution in [0.15, 0.2) is 10.1 Å². The fourth-order valence-corrected chi connectivity index (χ4v) is 1.96. The van der Waals surface area contributed by atoms with Crippen LogP contribution in [0.2, 0.25) is 0 Å². The van der Waals surface area contributed by atoms with Crippen LogP contribution in [0.25, 0.3) is 0 Å². The predicted molar refractivity (Wildman–Crippen MR) is 58.4 cm³/mol. The van der Waals surface area contributed by atoms with Crippen LogP contribution in [0.4, 0.5) is 0 Å². The Hall–Kier alpha value is 1.12. The van der Waals surface area contributed by atoms with Crippen molar-refractivity contribution in [3.05, 3.63) is 10.1 Å². The second-order valence-corrected chi connectivity index (χ2v) is 4.60. The average molecular weight is 252 g/mol. The van der Waals surface area contributed by atoms with Crippen LogP contribution in [0.3, 0.4) is 0 Å². The van der Waals surface area contributed by atoms with Gasteiger partial charge in [0.15, 0.2) is 4.33 Å². The number of hydrogen-bond acceptors (Lipinski definition) is 0. The van der Waals surface area contributed by atoms with Gasteiger partial charge in [0.2, 0.25) is 0 Å². The summed E-state index contributed by atoms with van der Waals surface area (Å²) in [6, 6.07) is 0. The van der Waals surface area contributed by atoms with Crippen LogP contribution in [-0.4, -0.2) is 15.3 Å². The lowest BCUT2D eigenvalue weighted by molar-refractivity contribution is 0.683. The molecule has 66 valence electrons. The number of allylic oxidation sites excluding steroid dienone is 2. The summed E-state index contributed by atoms with van der Waals surface area (Å²) >= 11 is 23.1. The van der Waals surface area contributed by atoms with Crippen molar-refractivity contribution in [1.29, 1.82) is 0 Å². The van der Waals surface area contributed by atoms with Crippen molar-refractivity contribution in [2.75, 3.05) is 0 Å². The quantitative estimate of drug-likeness (QED) is 0.459. The first kappa shape index (κ1) is 12.1. The second-order valence-electron chi connectivity index (χ2n) is 2.28. The Bertz CT molecular complexity index is 175. The third-order valence-corrected chi connectivity index (χ3v) is 3.42. The van der Waals surface area contributed by atoms with Gasteiger partial charge < -0.3 is 0 Å². The van der Waals surface area contributed by atoms with Gasteiger partial charge in [-0.25, -0.2) is 0 Å². The number of rotatable bonds is 0. The Kier molecular flexibility index (Phi) is 4.83. The highest BCUT2D eigenvalue weighted by atomic mass is 35.5. The summed E-state index contributed by atoms with van der Waals surface area (Å²) in [5, 5.41) is 0.988. The van der Waals surface area contributed by atoms with E-state index in [1.165, 1.54) is 0 Å². The number of halogens is 4. The molecular formula is C6H10Cl4Si. The molecule has 0 atom stereocenters. The molecule has 0 radical (unpaired) electrons. The van der Waals surface area contributed by atoms with Crippen molar-refractivity contribution >= 4 is 57.4 Å². The third-order valence-electron chi connectivity index (χ3n) is 1.45. The molecule has 11 heavy (non-hydrogen) atoms. The van der Waals surface area contributed by atoms with Crippen molar-refractivity contribution in [3.63, 3.8) is 0 Å². The summed E-state index contributed by atoms with van der Waals surface area (Å²) in [7, 11) is 0. The van der Waals surface area contributed by atoms with Crippen LogP contribution in [0.5, 0.6) is 0 Å². The number of hydrogen-bond donors (Lipinski definition) is 0. The molecule has 1 rings (SSSR count). The van der Waals surface area contributed by atoms with E-state index in [0.29, 0.717) is 16.5 Å². The van der Waals surface area contributed by atoms with Gasteiger partial charge in [0.1, 0.15) is 0 Å². The fraction of sp³-hybridized carbons (Fsp3) is 0.667. The molecule has 1 aliphatic carbocycles. The van der Waals surface area contributed by atoms with E-state index >= 15 is 0 Å². The molecule has 0 nitrogen and oxygen atoms in total. The van der Waals surface area contributed by atoms with Crippen molar-refractivity contribution in [3.8, 4) is 0 Å². The molecular weight excluding hydrogens is 242 g/mol. The normalized spacial score (nSPS) is 22.9. The maximum absolute atomic E-state index is 5.81. The average Bonchev–Trinajstić information content (AvgIpc) is 1.83. The predicted octanol–water partition coefficient (Wildman–Crippen LogP) is 2.58. The zero-order valence-corrected chi connectivity index (χ0v) is 8.16. The summed E-state index contributed by atoms with van der Waals surface area (Å²) in [5.74, 6) is 0. The third kappa shape index (κ3) is 2.82. The SMILES string of the molecule is ClC1=C(Cl)C(Cl)(Cl)CCC1.[SiH4]. The molecule has 0 bridgehead atoms. The lowest BCUT2D eigenvalue weighted by Gasteiger charge is -2.24. The zero-order valence-electron chi connectivity index (χ0n) is 5.13. The molecule has 0 spiro atoms. The summed E-state index contributed by atoms with van der Waals surface area (Å²) in [6.07, 6.45) is 2.38. The van der Waals surface area contributed by atoms with Crippen molar-refractivity contribution in [2.24, 2.45) is 0 Å². The highest BCUT2D eigenvalue weighted by molar-refractivity contribution is 6.57. The van der Waals surface area contributed by atoms with Gasteiger partial charge in [-0.05, 0) is 30.2 Å². The minimum Gasteiger partial charge on any atom is -0.0953 e. The summed E-state index contributed by atoms with van der Waals surface area (Å²) in [5.41, 5.74) is 0. The van der Waals surface area contributed by atoms with Crippen molar-refractivity contribution < 1.29 is 0 Å². The molecule has 0 fully saturated rings. The van der Waals surface area contributed by atoms with Gasteiger partial charge in [0, 0.05) is 5.03 Å². The number of alkyl halides is 2. The molecule has 0 aliphatic heterocycles. The van der Waals surface area contributed by atoms with Crippen molar-refractivity contribution in [1.82, 2.24) is 0 Å². The standard InChI is InChI=1S/C6H6Cl4.H4Si/c7-4-2-1-3-6(9,10)5(4)8;/h1-3H2;1H4. The van der Waals surface area contributed by atoms with E-state index in [9.17, 15) is 0 Å². The molecule has 0 heterocycles. The summed E-state index contributed by atoms with van der Waals surface area (Å²) in [6.45, 7) is 0. The van der Waals surface area contributed by atoms with Gasteiger partial charge in [-0.3, -0.25) is 0 Å². The maximum Gasteiger partial charge on any atom is 0.154 e. The second kappa shape index (κ2) is 4.38. The van der Waals surface area contributed by atoms with Gasteiger partial charge in [-0.1, -0.05) is 46.4 Å². The van der Waals surface area contributed by atoms with Gasteiger partial charge in [-0.15, -0.1) is 0 Å². The molecule has 0 saturated heterocycles. The maximum atomic E-state index is 5.81. The van der Waals surface area contributed by atoms with Gasteiger partial charge in [0.25, 0.3) is 0 Å². The molecule has 0 unspecified atom stereocenters. The first-order valence-electron chi connectivity index (χ1n) is 2.96. The highest BCUT2D eigenvalue weighted by Gasteiger charge is 2.33. The Balaban J connectivity index is 0.000001000. The minimum absolute atomic E-state index is 0. The van der Waals surface area contributed by atoms with Gasteiger partial charge in [-0.2, -0.15) is 0 Å². The smallest absolute Gasteiger partial charge is 0.0953 e. The molecule has 0 N–H and O–H groups in total.